The minimum absolute atomic E-state index is 0.166. The molecule has 162 valence electrons. The van der Waals surface area contributed by atoms with Gasteiger partial charge in [-0.2, -0.15) is 0 Å². The molecule has 0 saturated carbocycles. The first kappa shape index (κ1) is 21.8. The van der Waals surface area contributed by atoms with E-state index in [2.05, 4.69) is 17.4 Å². The number of hydrogen-bond acceptors (Lipinski definition) is 4. The molecule has 0 atom stereocenters. The van der Waals surface area contributed by atoms with Gasteiger partial charge in [0.15, 0.2) is 0 Å². The number of ether oxygens (including phenoxy) is 2. The van der Waals surface area contributed by atoms with Crippen LogP contribution in [0.3, 0.4) is 0 Å². The van der Waals surface area contributed by atoms with Crippen molar-refractivity contribution in [3.63, 3.8) is 0 Å². The van der Waals surface area contributed by atoms with Gasteiger partial charge in [0, 0.05) is 21.4 Å². The van der Waals surface area contributed by atoms with Crippen molar-refractivity contribution in [1.29, 1.82) is 0 Å². The van der Waals surface area contributed by atoms with E-state index in [1.165, 1.54) is 0 Å². The van der Waals surface area contributed by atoms with Crippen molar-refractivity contribution in [2.45, 2.75) is 18.4 Å². The average Bonchev–Trinajstić information content (AvgIpc) is 2.83. The number of carbonyl (C=O) groups excluding carboxylic acids is 1. The lowest BCUT2D eigenvalue weighted by Crippen LogP contribution is -2.13. The highest BCUT2D eigenvalue weighted by Gasteiger charge is 2.13. The molecule has 1 amide bonds. The molecule has 0 unspecified atom stereocenters. The van der Waals surface area contributed by atoms with Gasteiger partial charge in [-0.15, -0.1) is 11.8 Å². The fourth-order valence-corrected chi connectivity index (χ4v) is 4.10. The van der Waals surface area contributed by atoms with Crippen molar-refractivity contribution in [2.24, 2.45) is 0 Å². The molecule has 0 fully saturated rings. The Bertz CT molecular complexity index is 1230. The van der Waals surface area contributed by atoms with Crippen LogP contribution in [-0.4, -0.2) is 18.8 Å². The standard InChI is InChI=1S/C27H25NO3S/c1-3-30-24-16-15-20(27(29)28-23-12-6-7-14-26(23)32-2)17-21(24)18-31-25-13-8-10-19-9-4-5-11-22(19)25/h4-17H,3,18H2,1-2H3,(H,28,29). The fraction of sp³-hybridized carbons (Fsp3) is 0.148. The van der Waals surface area contributed by atoms with Gasteiger partial charge < -0.3 is 14.8 Å². The van der Waals surface area contributed by atoms with Gasteiger partial charge in [0.1, 0.15) is 18.1 Å². The summed E-state index contributed by atoms with van der Waals surface area (Å²) in [5.41, 5.74) is 2.18. The maximum absolute atomic E-state index is 13.0. The molecule has 0 aliphatic heterocycles. The lowest BCUT2D eigenvalue weighted by Gasteiger charge is -2.15. The molecule has 4 nitrogen and oxygen atoms in total. The van der Waals surface area contributed by atoms with E-state index in [1.54, 1.807) is 17.8 Å². The Labute approximate surface area is 192 Å². The fourth-order valence-electron chi connectivity index (χ4n) is 3.55. The van der Waals surface area contributed by atoms with E-state index in [0.717, 1.165) is 32.7 Å². The molecule has 32 heavy (non-hydrogen) atoms. The number of carbonyl (C=O) groups is 1. The normalized spacial score (nSPS) is 10.7. The van der Waals surface area contributed by atoms with Crippen LogP contribution in [0.2, 0.25) is 0 Å². The molecule has 0 saturated heterocycles. The molecule has 0 spiro atoms. The smallest absolute Gasteiger partial charge is 0.255 e. The monoisotopic (exact) mass is 443 g/mol. The lowest BCUT2D eigenvalue weighted by molar-refractivity contribution is 0.102. The van der Waals surface area contributed by atoms with E-state index in [4.69, 9.17) is 9.47 Å². The third-order valence-corrected chi connectivity index (χ3v) is 5.91. The number of para-hydroxylation sites is 1. The summed E-state index contributed by atoms with van der Waals surface area (Å²) in [4.78, 5) is 14.0. The van der Waals surface area contributed by atoms with Crippen LogP contribution in [0, 0.1) is 0 Å². The quantitative estimate of drug-likeness (QED) is 0.305. The molecule has 0 bridgehead atoms. The summed E-state index contributed by atoms with van der Waals surface area (Å²) in [6.07, 6.45) is 1.99. The highest BCUT2D eigenvalue weighted by atomic mass is 32.2. The van der Waals surface area contributed by atoms with E-state index in [0.29, 0.717) is 24.5 Å². The van der Waals surface area contributed by atoms with Crippen LogP contribution in [0.4, 0.5) is 5.69 Å². The average molecular weight is 444 g/mol. The molecular formula is C27H25NO3S. The highest BCUT2D eigenvalue weighted by molar-refractivity contribution is 7.98. The Balaban J connectivity index is 1.58. The molecule has 4 rings (SSSR count). The molecule has 0 heterocycles. The molecule has 0 aliphatic rings. The zero-order valence-corrected chi connectivity index (χ0v) is 18.9. The maximum Gasteiger partial charge on any atom is 0.255 e. The van der Waals surface area contributed by atoms with Crippen molar-refractivity contribution in [2.75, 3.05) is 18.2 Å². The van der Waals surface area contributed by atoms with Crippen molar-refractivity contribution < 1.29 is 14.3 Å². The number of anilines is 1. The second kappa shape index (κ2) is 10.2. The predicted molar refractivity (Wildman–Crippen MR) is 132 cm³/mol. The molecule has 0 aromatic heterocycles. The predicted octanol–water partition coefficient (Wildman–Crippen LogP) is 6.79. The van der Waals surface area contributed by atoms with Crippen molar-refractivity contribution in [3.8, 4) is 11.5 Å². The molecule has 1 N–H and O–H groups in total. The zero-order valence-electron chi connectivity index (χ0n) is 18.1. The van der Waals surface area contributed by atoms with Gasteiger partial charge >= 0.3 is 0 Å². The van der Waals surface area contributed by atoms with Crippen molar-refractivity contribution >= 4 is 34.1 Å². The summed E-state index contributed by atoms with van der Waals surface area (Å²) >= 11 is 1.60. The summed E-state index contributed by atoms with van der Waals surface area (Å²) in [7, 11) is 0. The molecule has 0 radical (unpaired) electrons. The van der Waals surface area contributed by atoms with Gasteiger partial charge in [-0.25, -0.2) is 0 Å². The van der Waals surface area contributed by atoms with Gasteiger partial charge in [-0.05, 0) is 55.0 Å². The summed E-state index contributed by atoms with van der Waals surface area (Å²) < 4.78 is 12.0. The van der Waals surface area contributed by atoms with Crippen LogP contribution in [0.5, 0.6) is 11.5 Å². The van der Waals surface area contributed by atoms with Crippen LogP contribution in [0.1, 0.15) is 22.8 Å². The molecule has 4 aromatic carbocycles. The summed E-state index contributed by atoms with van der Waals surface area (Å²) in [6, 6.07) is 27.3. The first-order chi connectivity index (χ1) is 15.7. The maximum atomic E-state index is 13.0. The molecule has 4 aromatic rings. The second-order valence-electron chi connectivity index (χ2n) is 7.18. The SMILES string of the molecule is CCOc1ccc(C(=O)Nc2ccccc2SC)cc1COc1cccc2ccccc12. The van der Waals surface area contributed by atoms with Gasteiger partial charge in [0.2, 0.25) is 0 Å². The van der Waals surface area contributed by atoms with E-state index < -0.39 is 0 Å². The van der Waals surface area contributed by atoms with E-state index in [1.807, 2.05) is 79.9 Å². The summed E-state index contributed by atoms with van der Waals surface area (Å²) in [5, 5.41) is 5.19. The summed E-state index contributed by atoms with van der Waals surface area (Å²) in [5.74, 6) is 1.35. The van der Waals surface area contributed by atoms with Gasteiger partial charge in [-0.1, -0.05) is 48.5 Å². The zero-order chi connectivity index (χ0) is 22.3. The third kappa shape index (κ3) is 4.89. The minimum atomic E-state index is -0.166. The summed E-state index contributed by atoms with van der Waals surface area (Å²) in [6.45, 7) is 2.77. The molecule has 5 heteroatoms. The van der Waals surface area contributed by atoms with E-state index in [-0.39, 0.29) is 5.91 Å². The number of benzene rings is 4. The van der Waals surface area contributed by atoms with Gasteiger partial charge in [0.25, 0.3) is 5.91 Å². The Kier molecular flexibility index (Phi) is 6.97. The van der Waals surface area contributed by atoms with Gasteiger partial charge in [0.05, 0.1) is 12.3 Å². The minimum Gasteiger partial charge on any atom is -0.493 e. The number of hydrogen-bond donors (Lipinski definition) is 1. The number of amides is 1. The Hall–Kier alpha value is -3.44. The lowest BCUT2D eigenvalue weighted by atomic mass is 10.1. The second-order valence-corrected chi connectivity index (χ2v) is 8.02. The van der Waals surface area contributed by atoms with Crippen molar-refractivity contribution in [1.82, 2.24) is 0 Å². The van der Waals surface area contributed by atoms with Crippen molar-refractivity contribution in [3.05, 3.63) is 96.1 Å². The topological polar surface area (TPSA) is 47.6 Å². The number of nitrogens with one attached hydrogen (secondary N) is 1. The van der Waals surface area contributed by atoms with Crippen LogP contribution in [-0.2, 0) is 6.61 Å². The first-order valence-corrected chi connectivity index (χ1v) is 11.7. The Morgan fingerprint density at radius 1 is 0.875 bits per heavy atom. The third-order valence-electron chi connectivity index (χ3n) is 5.11. The molecule has 0 aliphatic carbocycles. The first-order valence-electron chi connectivity index (χ1n) is 10.5. The number of thioether (sulfide) groups is 1. The largest absolute Gasteiger partial charge is 0.493 e. The van der Waals surface area contributed by atoms with Crippen LogP contribution >= 0.6 is 11.8 Å². The highest BCUT2D eigenvalue weighted by Crippen LogP contribution is 2.29. The van der Waals surface area contributed by atoms with E-state index >= 15 is 0 Å². The number of fused-ring (bicyclic) bond motifs is 1. The Morgan fingerprint density at radius 3 is 2.50 bits per heavy atom. The van der Waals surface area contributed by atoms with Gasteiger partial charge in [-0.3, -0.25) is 4.79 Å². The van der Waals surface area contributed by atoms with Crippen LogP contribution in [0.25, 0.3) is 10.8 Å². The Morgan fingerprint density at radius 2 is 1.66 bits per heavy atom. The van der Waals surface area contributed by atoms with Crippen LogP contribution < -0.4 is 14.8 Å². The van der Waals surface area contributed by atoms with Crippen LogP contribution in [0.15, 0.2) is 89.8 Å². The molecular weight excluding hydrogens is 418 g/mol. The van der Waals surface area contributed by atoms with E-state index in [9.17, 15) is 4.79 Å². The number of rotatable bonds is 8.